The van der Waals surface area contributed by atoms with Crippen LogP contribution in [0.25, 0.3) is 22.2 Å². The maximum atomic E-state index is 12.6. The molecule has 2 aromatic carbocycles. The molecule has 2 heterocycles. The van der Waals surface area contributed by atoms with Gasteiger partial charge in [0.1, 0.15) is 0 Å². The molecule has 0 radical (unpaired) electrons. The number of aromatic amines is 1. The van der Waals surface area contributed by atoms with Crippen molar-refractivity contribution in [2.45, 2.75) is 20.4 Å². The molecule has 4 aromatic rings. The lowest BCUT2D eigenvalue weighted by atomic mass is 10.1. The number of hydrogen-bond acceptors (Lipinski definition) is 3. The van der Waals surface area contributed by atoms with Gasteiger partial charge in [-0.15, -0.1) is 0 Å². The first-order valence-corrected chi connectivity index (χ1v) is 9.42. The molecule has 2 N–H and O–H groups in total. The van der Waals surface area contributed by atoms with Gasteiger partial charge in [0.25, 0.3) is 11.5 Å². The number of H-pyrrole nitrogens is 1. The van der Waals surface area contributed by atoms with Gasteiger partial charge in [-0.25, -0.2) is 0 Å². The van der Waals surface area contributed by atoms with Crippen molar-refractivity contribution < 1.29 is 4.79 Å². The molecule has 0 aliphatic heterocycles. The van der Waals surface area contributed by atoms with Gasteiger partial charge in [-0.2, -0.15) is 5.10 Å². The van der Waals surface area contributed by atoms with Gasteiger partial charge in [-0.1, -0.05) is 41.5 Å². The second-order valence-corrected chi connectivity index (χ2v) is 7.30. The SMILES string of the molecule is Cc1ccc(-c2cc(C(=O)NCc3cc4cc(C)ccc4[nH]c3=O)nn2C)cc1. The van der Waals surface area contributed by atoms with Gasteiger partial charge in [0.2, 0.25) is 0 Å². The number of hydrogen-bond donors (Lipinski definition) is 2. The summed E-state index contributed by atoms with van der Waals surface area (Å²) in [5, 5.41) is 8.06. The summed E-state index contributed by atoms with van der Waals surface area (Å²) in [5.74, 6) is -0.317. The third kappa shape index (κ3) is 3.82. The van der Waals surface area contributed by atoms with Gasteiger partial charge in [-0.3, -0.25) is 14.3 Å². The Labute approximate surface area is 168 Å². The fourth-order valence-electron chi connectivity index (χ4n) is 3.34. The average molecular weight is 386 g/mol. The van der Waals surface area contributed by atoms with Crippen molar-refractivity contribution >= 4 is 16.8 Å². The van der Waals surface area contributed by atoms with Crippen molar-refractivity contribution in [3.8, 4) is 11.3 Å². The monoisotopic (exact) mass is 386 g/mol. The highest BCUT2D eigenvalue weighted by molar-refractivity contribution is 5.93. The summed E-state index contributed by atoms with van der Waals surface area (Å²) in [5.41, 5.74) is 5.52. The summed E-state index contributed by atoms with van der Waals surface area (Å²) < 4.78 is 1.69. The smallest absolute Gasteiger partial charge is 0.272 e. The summed E-state index contributed by atoms with van der Waals surface area (Å²) in [6.45, 7) is 4.16. The Morgan fingerprint density at radius 3 is 2.52 bits per heavy atom. The number of benzene rings is 2. The van der Waals surface area contributed by atoms with Gasteiger partial charge in [0.05, 0.1) is 5.69 Å². The fraction of sp³-hybridized carbons (Fsp3) is 0.174. The lowest BCUT2D eigenvalue weighted by Gasteiger charge is -2.05. The molecular weight excluding hydrogens is 364 g/mol. The van der Waals surface area contributed by atoms with Crippen LogP contribution in [0.4, 0.5) is 0 Å². The predicted molar refractivity (Wildman–Crippen MR) is 114 cm³/mol. The van der Waals surface area contributed by atoms with Gasteiger partial charge >= 0.3 is 0 Å². The molecule has 6 nitrogen and oxygen atoms in total. The number of aryl methyl sites for hydroxylation is 3. The lowest BCUT2D eigenvalue weighted by Crippen LogP contribution is -2.27. The number of aromatic nitrogens is 3. The number of nitrogens with zero attached hydrogens (tertiary/aromatic N) is 2. The van der Waals surface area contributed by atoms with Crippen molar-refractivity contribution in [1.29, 1.82) is 0 Å². The molecule has 0 unspecified atom stereocenters. The van der Waals surface area contributed by atoms with Crippen LogP contribution in [0.2, 0.25) is 0 Å². The second kappa shape index (κ2) is 7.39. The lowest BCUT2D eigenvalue weighted by molar-refractivity contribution is 0.0945. The second-order valence-electron chi connectivity index (χ2n) is 7.30. The van der Waals surface area contributed by atoms with Crippen LogP contribution in [0.15, 0.2) is 59.4 Å². The molecular formula is C23H22N4O2. The van der Waals surface area contributed by atoms with Crippen molar-refractivity contribution in [3.05, 3.63) is 87.3 Å². The highest BCUT2D eigenvalue weighted by Crippen LogP contribution is 2.20. The van der Waals surface area contributed by atoms with Crippen LogP contribution in [0, 0.1) is 13.8 Å². The number of amides is 1. The summed E-state index contributed by atoms with van der Waals surface area (Å²) in [7, 11) is 1.81. The Morgan fingerprint density at radius 2 is 1.76 bits per heavy atom. The standard InChI is InChI=1S/C23H22N4O2/c1-14-4-7-16(8-5-14)21-12-20(26-27(21)3)23(29)24-13-18-11-17-10-15(2)6-9-19(17)25-22(18)28/h4-12H,13H2,1-3H3,(H,24,29)(H,25,28). The van der Waals surface area contributed by atoms with E-state index in [0.29, 0.717) is 11.3 Å². The quantitative estimate of drug-likeness (QED) is 0.564. The first-order chi connectivity index (χ1) is 13.9. The van der Waals surface area contributed by atoms with Crippen LogP contribution in [0.1, 0.15) is 27.2 Å². The molecule has 0 spiro atoms. The third-order valence-corrected chi connectivity index (χ3v) is 4.98. The zero-order valence-corrected chi connectivity index (χ0v) is 16.6. The maximum Gasteiger partial charge on any atom is 0.272 e. The minimum Gasteiger partial charge on any atom is -0.346 e. The van der Waals surface area contributed by atoms with E-state index in [1.165, 1.54) is 5.56 Å². The highest BCUT2D eigenvalue weighted by Gasteiger charge is 2.14. The van der Waals surface area contributed by atoms with Gasteiger partial charge in [0.15, 0.2) is 5.69 Å². The summed E-state index contributed by atoms with van der Waals surface area (Å²) >= 11 is 0. The molecule has 0 aliphatic carbocycles. The van der Waals surface area contributed by atoms with E-state index >= 15 is 0 Å². The Hall–Kier alpha value is -3.67. The van der Waals surface area contributed by atoms with E-state index in [0.717, 1.165) is 27.7 Å². The number of rotatable bonds is 4. The zero-order chi connectivity index (χ0) is 20.5. The van der Waals surface area contributed by atoms with E-state index in [9.17, 15) is 9.59 Å². The number of carbonyl (C=O) groups excluding carboxylic acids is 1. The number of carbonyl (C=O) groups is 1. The van der Waals surface area contributed by atoms with Crippen LogP contribution in [-0.2, 0) is 13.6 Å². The van der Waals surface area contributed by atoms with E-state index in [4.69, 9.17) is 0 Å². The molecule has 0 saturated carbocycles. The van der Waals surface area contributed by atoms with Gasteiger partial charge in [0, 0.05) is 24.7 Å². The molecule has 0 atom stereocenters. The largest absolute Gasteiger partial charge is 0.346 e. The van der Waals surface area contributed by atoms with Gasteiger partial charge in [-0.05, 0) is 49.1 Å². The number of nitrogens with one attached hydrogen (secondary N) is 2. The van der Waals surface area contributed by atoms with E-state index in [-0.39, 0.29) is 18.0 Å². The molecule has 0 aliphatic rings. The summed E-state index contributed by atoms with van der Waals surface area (Å²) in [6.07, 6.45) is 0. The molecule has 0 fully saturated rings. The van der Waals surface area contributed by atoms with Crippen LogP contribution < -0.4 is 10.9 Å². The molecule has 29 heavy (non-hydrogen) atoms. The Bertz CT molecular complexity index is 1270. The first kappa shape index (κ1) is 18.7. The zero-order valence-electron chi connectivity index (χ0n) is 16.6. The van der Waals surface area contributed by atoms with E-state index in [1.54, 1.807) is 10.7 Å². The van der Waals surface area contributed by atoms with Crippen LogP contribution in [-0.4, -0.2) is 20.7 Å². The van der Waals surface area contributed by atoms with Crippen molar-refractivity contribution in [2.75, 3.05) is 0 Å². The molecule has 0 bridgehead atoms. The van der Waals surface area contributed by atoms with Crippen molar-refractivity contribution in [2.24, 2.45) is 7.05 Å². The maximum absolute atomic E-state index is 12.6. The topological polar surface area (TPSA) is 79.8 Å². The number of pyridine rings is 1. The van der Waals surface area contributed by atoms with Gasteiger partial charge < -0.3 is 10.3 Å². The van der Waals surface area contributed by atoms with Crippen LogP contribution in [0.3, 0.4) is 0 Å². The molecule has 146 valence electrons. The predicted octanol–water partition coefficient (Wildman–Crippen LogP) is 3.48. The Morgan fingerprint density at radius 1 is 1.03 bits per heavy atom. The summed E-state index contributed by atoms with van der Waals surface area (Å²) in [4.78, 5) is 27.8. The molecule has 0 saturated heterocycles. The first-order valence-electron chi connectivity index (χ1n) is 9.42. The fourth-order valence-corrected chi connectivity index (χ4v) is 3.34. The molecule has 4 rings (SSSR count). The van der Waals surface area contributed by atoms with Crippen molar-refractivity contribution in [3.63, 3.8) is 0 Å². The van der Waals surface area contributed by atoms with E-state index < -0.39 is 0 Å². The Balaban J connectivity index is 1.54. The van der Waals surface area contributed by atoms with Crippen molar-refractivity contribution in [1.82, 2.24) is 20.1 Å². The average Bonchev–Trinajstić information content (AvgIpc) is 3.09. The Kier molecular flexibility index (Phi) is 4.76. The van der Waals surface area contributed by atoms with E-state index in [1.807, 2.05) is 69.4 Å². The number of fused-ring (bicyclic) bond motifs is 1. The van der Waals surface area contributed by atoms with Crippen LogP contribution in [0.5, 0.6) is 0 Å². The minimum atomic E-state index is -0.317. The van der Waals surface area contributed by atoms with E-state index in [2.05, 4.69) is 15.4 Å². The third-order valence-electron chi connectivity index (χ3n) is 4.98. The van der Waals surface area contributed by atoms with Crippen LogP contribution >= 0.6 is 0 Å². The molecule has 6 heteroatoms. The minimum absolute atomic E-state index is 0.133. The normalized spacial score (nSPS) is 11.0. The summed E-state index contributed by atoms with van der Waals surface area (Å²) in [6, 6.07) is 17.5. The molecule has 1 amide bonds. The molecule has 2 aromatic heterocycles. The highest BCUT2D eigenvalue weighted by atomic mass is 16.2.